The number of allylic oxidation sites excluding steroid dienone is 3. The van der Waals surface area contributed by atoms with Crippen LogP contribution in [-0.2, 0) is 0 Å². The van der Waals surface area contributed by atoms with E-state index in [4.69, 9.17) is 0 Å². The first-order valence-electron chi connectivity index (χ1n) is 3.58. The first kappa shape index (κ1) is 8.48. The monoisotopic (exact) mass is 124 g/mol. The Morgan fingerprint density at radius 2 is 2.22 bits per heavy atom. The Hall–Kier alpha value is -0.520. The van der Waals surface area contributed by atoms with Crippen LogP contribution in [0.25, 0.3) is 0 Å². The molecule has 9 heavy (non-hydrogen) atoms. The molecule has 0 aromatic rings. The van der Waals surface area contributed by atoms with Gasteiger partial charge in [0.2, 0.25) is 0 Å². The molecule has 0 N–H and O–H groups in total. The minimum absolute atomic E-state index is 0.821. The molecular weight excluding hydrogens is 108 g/mol. The molecule has 0 aromatic heterocycles. The zero-order valence-corrected chi connectivity index (χ0v) is 6.43. The van der Waals surface area contributed by atoms with Gasteiger partial charge in [0.05, 0.1) is 0 Å². The topological polar surface area (TPSA) is 0 Å². The Balaban J connectivity index is 3.25. The van der Waals surface area contributed by atoms with Crippen molar-refractivity contribution in [2.45, 2.75) is 26.7 Å². The molecule has 1 atom stereocenters. The molecule has 0 nitrogen and oxygen atoms in total. The van der Waals surface area contributed by atoms with E-state index in [0.717, 1.165) is 5.92 Å². The Labute approximate surface area is 58.3 Å². The lowest BCUT2D eigenvalue weighted by molar-refractivity contribution is 0.572. The lowest BCUT2D eigenvalue weighted by Crippen LogP contribution is -1.86. The minimum atomic E-state index is 0.821. The second-order valence-electron chi connectivity index (χ2n) is 2.41. The quantitative estimate of drug-likeness (QED) is 0.505. The van der Waals surface area contributed by atoms with E-state index in [-0.39, 0.29) is 0 Å². The van der Waals surface area contributed by atoms with Crippen molar-refractivity contribution in [3.05, 3.63) is 24.8 Å². The van der Waals surface area contributed by atoms with Gasteiger partial charge < -0.3 is 0 Å². The fraction of sp³-hybridized carbons (Fsp3) is 0.556. The second kappa shape index (κ2) is 5.61. The Morgan fingerprint density at radius 3 is 2.67 bits per heavy atom. The van der Waals surface area contributed by atoms with E-state index in [1.54, 1.807) is 0 Å². The van der Waals surface area contributed by atoms with Crippen molar-refractivity contribution < 1.29 is 0 Å². The summed E-state index contributed by atoms with van der Waals surface area (Å²) in [5, 5.41) is 0. The largest absolute Gasteiger partial charge is 0.0991 e. The minimum Gasteiger partial charge on any atom is -0.0991 e. The van der Waals surface area contributed by atoms with Crippen LogP contribution >= 0.6 is 0 Å². The summed E-state index contributed by atoms with van der Waals surface area (Å²) in [6, 6.07) is 0. The van der Waals surface area contributed by atoms with Gasteiger partial charge in [0.15, 0.2) is 0 Å². The summed E-state index contributed by atoms with van der Waals surface area (Å²) in [6.45, 7) is 8.07. The predicted octanol–water partition coefficient (Wildman–Crippen LogP) is 3.16. The fourth-order valence-corrected chi connectivity index (χ4v) is 0.574. The number of rotatable bonds is 4. The normalized spacial score (nSPS) is 14.0. The maximum Gasteiger partial charge on any atom is -0.0322 e. The molecule has 0 heterocycles. The van der Waals surface area contributed by atoms with Crippen LogP contribution in [0.4, 0.5) is 0 Å². The van der Waals surface area contributed by atoms with Crippen LogP contribution in [-0.4, -0.2) is 0 Å². The van der Waals surface area contributed by atoms with Crippen molar-refractivity contribution in [1.29, 1.82) is 0 Å². The van der Waals surface area contributed by atoms with Crippen LogP contribution in [0, 0.1) is 5.92 Å². The fourth-order valence-electron chi connectivity index (χ4n) is 0.574. The van der Waals surface area contributed by atoms with E-state index < -0.39 is 0 Å². The summed E-state index contributed by atoms with van der Waals surface area (Å²) in [6.07, 6.45) is 8.44. The van der Waals surface area contributed by atoms with Gasteiger partial charge in [-0.15, -0.1) is 0 Å². The third-order valence-electron chi connectivity index (χ3n) is 1.51. The highest BCUT2D eigenvalue weighted by molar-refractivity contribution is 4.97. The third kappa shape index (κ3) is 5.35. The lowest BCUT2D eigenvalue weighted by atomic mass is 10.1. The highest BCUT2D eigenvalue weighted by atomic mass is 14.0. The van der Waals surface area contributed by atoms with Crippen molar-refractivity contribution >= 4 is 0 Å². The zero-order chi connectivity index (χ0) is 7.11. The molecule has 0 rings (SSSR count). The lowest BCUT2D eigenvalue weighted by Gasteiger charge is -2.00. The van der Waals surface area contributed by atoms with Crippen LogP contribution in [0.15, 0.2) is 24.8 Å². The van der Waals surface area contributed by atoms with Crippen LogP contribution < -0.4 is 0 Å². The van der Waals surface area contributed by atoms with E-state index in [0.29, 0.717) is 0 Å². The van der Waals surface area contributed by atoms with Crippen molar-refractivity contribution in [3.63, 3.8) is 0 Å². The Kier molecular flexibility index (Phi) is 5.29. The van der Waals surface area contributed by atoms with Gasteiger partial charge in [-0.05, 0) is 12.3 Å². The molecule has 0 aliphatic heterocycles. The van der Waals surface area contributed by atoms with Crippen LogP contribution in [0.3, 0.4) is 0 Å². The van der Waals surface area contributed by atoms with E-state index in [1.807, 2.05) is 12.2 Å². The molecule has 0 aromatic carbocycles. The molecule has 1 unspecified atom stereocenters. The molecule has 0 heteroatoms. The maximum atomic E-state index is 3.60. The molecule has 0 saturated carbocycles. The summed E-state index contributed by atoms with van der Waals surface area (Å²) in [7, 11) is 0. The average molecular weight is 124 g/mol. The first-order valence-corrected chi connectivity index (χ1v) is 3.58. The smallest absolute Gasteiger partial charge is 0.0322 e. The summed E-state index contributed by atoms with van der Waals surface area (Å²) >= 11 is 0. The van der Waals surface area contributed by atoms with Gasteiger partial charge in [-0.3, -0.25) is 0 Å². The van der Waals surface area contributed by atoms with Crippen LogP contribution in [0.1, 0.15) is 26.7 Å². The van der Waals surface area contributed by atoms with E-state index in [9.17, 15) is 0 Å². The van der Waals surface area contributed by atoms with Gasteiger partial charge >= 0.3 is 0 Å². The van der Waals surface area contributed by atoms with E-state index >= 15 is 0 Å². The molecule has 0 aliphatic carbocycles. The summed E-state index contributed by atoms with van der Waals surface area (Å²) < 4.78 is 0. The van der Waals surface area contributed by atoms with Gasteiger partial charge in [0.25, 0.3) is 0 Å². The molecule has 52 valence electrons. The van der Waals surface area contributed by atoms with Gasteiger partial charge in [-0.2, -0.15) is 0 Å². The van der Waals surface area contributed by atoms with E-state index in [1.165, 1.54) is 12.8 Å². The average Bonchev–Trinajstić information content (AvgIpc) is 1.89. The van der Waals surface area contributed by atoms with Gasteiger partial charge in [0, 0.05) is 0 Å². The number of hydrogen-bond acceptors (Lipinski definition) is 0. The number of hydrogen-bond donors (Lipinski definition) is 0. The summed E-state index contributed by atoms with van der Waals surface area (Å²) in [5.41, 5.74) is 0. The molecule has 0 saturated heterocycles. The summed E-state index contributed by atoms with van der Waals surface area (Å²) in [5.74, 6) is 0.821. The second-order valence-corrected chi connectivity index (χ2v) is 2.41. The highest BCUT2D eigenvalue weighted by Gasteiger charge is 1.91. The molecule has 0 spiro atoms. The Morgan fingerprint density at radius 1 is 1.56 bits per heavy atom. The third-order valence-corrected chi connectivity index (χ3v) is 1.51. The van der Waals surface area contributed by atoms with Crippen LogP contribution in [0.5, 0.6) is 0 Å². The van der Waals surface area contributed by atoms with Crippen molar-refractivity contribution in [2.24, 2.45) is 5.92 Å². The van der Waals surface area contributed by atoms with Crippen molar-refractivity contribution in [1.82, 2.24) is 0 Å². The SMILES string of the molecule is C=CC=CCC(C)CC. The van der Waals surface area contributed by atoms with Crippen LogP contribution in [0.2, 0.25) is 0 Å². The molecule has 0 bridgehead atoms. The molecule has 0 amide bonds. The van der Waals surface area contributed by atoms with E-state index in [2.05, 4.69) is 26.5 Å². The maximum absolute atomic E-state index is 3.60. The Bertz CT molecular complexity index is 90.2. The zero-order valence-electron chi connectivity index (χ0n) is 6.43. The van der Waals surface area contributed by atoms with Gasteiger partial charge in [0.1, 0.15) is 0 Å². The van der Waals surface area contributed by atoms with Gasteiger partial charge in [-0.1, -0.05) is 45.1 Å². The standard InChI is InChI=1S/C9H16/c1-4-6-7-8-9(3)5-2/h4,6-7,9H,1,5,8H2,2-3H3. The molecule has 0 fully saturated rings. The molecule has 0 aliphatic rings. The van der Waals surface area contributed by atoms with Crippen molar-refractivity contribution in [3.8, 4) is 0 Å². The highest BCUT2D eigenvalue weighted by Crippen LogP contribution is 2.06. The predicted molar refractivity (Wildman–Crippen MR) is 43.4 cm³/mol. The molecule has 0 radical (unpaired) electrons. The molecular formula is C9H16. The summed E-state index contributed by atoms with van der Waals surface area (Å²) in [4.78, 5) is 0. The van der Waals surface area contributed by atoms with Crippen molar-refractivity contribution in [2.75, 3.05) is 0 Å². The first-order chi connectivity index (χ1) is 4.31. The van der Waals surface area contributed by atoms with Gasteiger partial charge in [-0.25, -0.2) is 0 Å².